The van der Waals surface area contributed by atoms with E-state index in [2.05, 4.69) is 17.1 Å². The molecule has 84 valence electrons. The van der Waals surface area contributed by atoms with E-state index in [1.165, 1.54) is 0 Å². The second kappa shape index (κ2) is 4.77. The third kappa shape index (κ3) is 2.06. The lowest BCUT2D eigenvalue weighted by Crippen LogP contribution is -2.15. The van der Waals surface area contributed by atoms with E-state index in [-0.39, 0.29) is 6.61 Å². The molecule has 15 heavy (non-hydrogen) atoms. The molecule has 2 heterocycles. The Balaban J connectivity index is 2.22. The molecule has 2 N–H and O–H groups in total. The fourth-order valence-electron chi connectivity index (χ4n) is 2.19. The number of rotatable bonds is 3. The molecule has 0 radical (unpaired) electrons. The molecule has 0 saturated carbocycles. The van der Waals surface area contributed by atoms with Crippen molar-refractivity contribution in [1.82, 2.24) is 10.2 Å². The molecule has 1 fully saturated rings. The van der Waals surface area contributed by atoms with Crippen LogP contribution < -0.4 is 0 Å². The lowest BCUT2D eigenvalue weighted by molar-refractivity contribution is 0.0840. The molecule has 1 saturated heterocycles. The molecule has 4 heteroatoms. The number of ether oxygens (including phenoxy) is 1. The number of aryl methyl sites for hydroxylation is 1. The second-order valence-corrected chi connectivity index (χ2v) is 3.96. The first kappa shape index (κ1) is 10.6. The highest BCUT2D eigenvalue weighted by atomic mass is 16.5. The average Bonchev–Trinajstić information content (AvgIpc) is 2.72. The minimum Gasteiger partial charge on any atom is -0.392 e. The largest absolute Gasteiger partial charge is 0.392 e. The fourth-order valence-corrected chi connectivity index (χ4v) is 2.19. The number of aliphatic hydroxyl groups is 1. The van der Waals surface area contributed by atoms with Gasteiger partial charge in [0, 0.05) is 30.4 Å². The Kier molecular flexibility index (Phi) is 3.38. The second-order valence-electron chi connectivity index (χ2n) is 3.96. The van der Waals surface area contributed by atoms with Crippen molar-refractivity contribution in [3.8, 4) is 0 Å². The minimum absolute atomic E-state index is 0.0896. The van der Waals surface area contributed by atoms with Crippen LogP contribution in [0.3, 0.4) is 0 Å². The number of nitrogens with one attached hydrogen (secondary N) is 1. The zero-order chi connectivity index (χ0) is 10.7. The first-order valence-electron chi connectivity index (χ1n) is 5.61. The van der Waals surface area contributed by atoms with E-state index < -0.39 is 0 Å². The highest BCUT2D eigenvalue weighted by Crippen LogP contribution is 2.29. The number of H-pyrrole nitrogens is 1. The van der Waals surface area contributed by atoms with Crippen molar-refractivity contribution in [3.63, 3.8) is 0 Å². The number of hydrogen-bond acceptors (Lipinski definition) is 3. The van der Waals surface area contributed by atoms with Crippen LogP contribution in [0.4, 0.5) is 0 Å². The van der Waals surface area contributed by atoms with Crippen LogP contribution in [-0.2, 0) is 17.8 Å². The van der Waals surface area contributed by atoms with Gasteiger partial charge < -0.3 is 9.84 Å². The summed E-state index contributed by atoms with van der Waals surface area (Å²) in [6.07, 6.45) is 2.92. The van der Waals surface area contributed by atoms with Crippen LogP contribution in [0.15, 0.2) is 0 Å². The van der Waals surface area contributed by atoms with Crippen molar-refractivity contribution >= 4 is 0 Å². The molecule has 0 spiro atoms. The van der Waals surface area contributed by atoms with Crippen molar-refractivity contribution in [3.05, 3.63) is 17.0 Å². The standard InChI is InChI=1S/C11H18N2O2/c1-2-10-9(7-14)11(13-12-10)8-3-5-15-6-4-8/h8,14H,2-7H2,1H3,(H,12,13). The molecule has 0 bridgehead atoms. The quantitative estimate of drug-likeness (QED) is 0.792. The van der Waals surface area contributed by atoms with Crippen LogP contribution in [0.2, 0.25) is 0 Å². The molecule has 1 aromatic heterocycles. The summed E-state index contributed by atoms with van der Waals surface area (Å²) < 4.78 is 5.33. The zero-order valence-electron chi connectivity index (χ0n) is 9.12. The van der Waals surface area contributed by atoms with Crippen LogP contribution in [0.25, 0.3) is 0 Å². The molecule has 4 nitrogen and oxygen atoms in total. The smallest absolute Gasteiger partial charge is 0.0718 e. The lowest BCUT2D eigenvalue weighted by Gasteiger charge is -2.21. The molecule has 0 aliphatic carbocycles. The third-order valence-corrected chi connectivity index (χ3v) is 3.10. The van der Waals surface area contributed by atoms with Crippen LogP contribution in [0, 0.1) is 0 Å². The van der Waals surface area contributed by atoms with E-state index in [0.717, 1.165) is 49.4 Å². The van der Waals surface area contributed by atoms with Gasteiger partial charge >= 0.3 is 0 Å². The van der Waals surface area contributed by atoms with Crippen LogP contribution >= 0.6 is 0 Å². The van der Waals surface area contributed by atoms with Gasteiger partial charge in [-0.05, 0) is 19.3 Å². The highest BCUT2D eigenvalue weighted by Gasteiger charge is 2.22. The topological polar surface area (TPSA) is 58.1 Å². The predicted molar refractivity (Wildman–Crippen MR) is 56.7 cm³/mol. The Labute approximate surface area is 89.7 Å². The molecule has 1 aliphatic heterocycles. The van der Waals surface area contributed by atoms with Gasteiger partial charge in [-0.15, -0.1) is 0 Å². The maximum atomic E-state index is 9.36. The van der Waals surface area contributed by atoms with E-state index in [0.29, 0.717) is 5.92 Å². The molecule has 1 aliphatic rings. The molecule has 0 unspecified atom stereocenters. The lowest BCUT2D eigenvalue weighted by atomic mass is 9.93. The normalized spacial score (nSPS) is 18.3. The molecule has 1 aromatic rings. The molecule has 0 atom stereocenters. The van der Waals surface area contributed by atoms with Crippen molar-refractivity contribution in [2.45, 2.75) is 38.7 Å². The van der Waals surface area contributed by atoms with Crippen molar-refractivity contribution in [2.75, 3.05) is 13.2 Å². The van der Waals surface area contributed by atoms with E-state index in [1.54, 1.807) is 0 Å². The summed E-state index contributed by atoms with van der Waals surface area (Å²) in [5.41, 5.74) is 3.13. The van der Waals surface area contributed by atoms with E-state index in [1.807, 2.05) is 0 Å². The summed E-state index contributed by atoms with van der Waals surface area (Å²) in [6.45, 7) is 3.78. The van der Waals surface area contributed by atoms with E-state index >= 15 is 0 Å². The fraction of sp³-hybridized carbons (Fsp3) is 0.727. The molecule has 2 rings (SSSR count). The Bertz CT molecular complexity index is 316. The summed E-state index contributed by atoms with van der Waals surface area (Å²) in [7, 11) is 0. The van der Waals surface area contributed by atoms with E-state index in [4.69, 9.17) is 4.74 Å². The zero-order valence-corrected chi connectivity index (χ0v) is 9.12. The first-order valence-corrected chi connectivity index (χ1v) is 5.61. The van der Waals surface area contributed by atoms with Crippen LogP contribution in [-0.4, -0.2) is 28.5 Å². The van der Waals surface area contributed by atoms with Gasteiger partial charge in [0.25, 0.3) is 0 Å². The number of aromatic amines is 1. The van der Waals surface area contributed by atoms with Crippen molar-refractivity contribution < 1.29 is 9.84 Å². The molecular weight excluding hydrogens is 192 g/mol. The van der Waals surface area contributed by atoms with E-state index in [9.17, 15) is 5.11 Å². The minimum atomic E-state index is 0.0896. The van der Waals surface area contributed by atoms with Gasteiger partial charge in [0.1, 0.15) is 0 Å². The summed E-state index contributed by atoms with van der Waals surface area (Å²) in [5.74, 6) is 0.456. The first-order chi connectivity index (χ1) is 7.36. The van der Waals surface area contributed by atoms with Gasteiger partial charge in [-0.2, -0.15) is 5.10 Å². The van der Waals surface area contributed by atoms with Gasteiger partial charge in [0.05, 0.1) is 12.3 Å². The van der Waals surface area contributed by atoms with Gasteiger partial charge in [0.15, 0.2) is 0 Å². The Morgan fingerprint density at radius 1 is 1.47 bits per heavy atom. The maximum Gasteiger partial charge on any atom is 0.0718 e. The summed E-state index contributed by atoms with van der Waals surface area (Å²) in [5, 5.41) is 16.7. The van der Waals surface area contributed by atoms with Gasteiger partial charge in [0.2, 0.25) is 0 Å². The molecule has 0 amide bonds. The van der Waals surface area contributed by atoms with Gasteiger partial charge in [-0.25, -0.2) is 0 Å². The predicted octanol–water partition coefficient (Wildman–Crippen LogP) is 1.36. The molecular formula is C11H18N2O2. The third-order valence-electron chi connectivity index (χ3n) is 3.10. The Hall–Kier alpha value is -0.870. The Morgan fingerprint density at radius 3 is 2.80 bits per heavy atom. The van der Waals surface area contributed by atoms with Crippen molar-refractivity contribution in [2.24, 2.45) is 0 Å². The number of hydrogen-bond donors (Lipinski definition) is 2. The van der Waals surface area contributed by atoms with Crippen LogP contribution in [0.1, 0.15) is 42.6 Å². The van der Waals surface area contributed by atoms with Crippen LogP contribution in [0.5, 0.6) is 0 Å². The maximum absolute atomic E-state index is 9.36. The highest BCUT2D eigenvalue weighted by molar-refractivity contribution is 5.27. The number of aromatic nitrogens is 2. The summed E-state index contributed by atoms with van der Waals surface area (Å²) in [4.78, 5) is 0. The van der Waals surface area contributed by atoms with Crippen molar-refractivity contribution in [1.29, 1.82) is 0 Å². The monoisotopic (exact) mass is 210 g/mol. The summed E-state index contributed by atoms with van der Waals surface area (Å²) >= 11 is 0. The van der Waals surface area contributed by atoms with Gasteiger partial charge in [-0.1, -0.05) is 6.92 Å². The summed E-state index contributed by atoms with van der Waals surface area (Å²) in [6, 6.07) is 0. The molecule has 0 aromatic carbocycles. The number of aliphatic hydroxyl groups excluding tert-OH is 1. The Morgan fingerprint density at radius 2 is 2.20 bits per heavy atom. The number of nitrogens with zero attached hydrogens (tertiary/aromatic N) is 1. The SMILES string of the molecule is CCc1[nH]nc(C2CCOCC2)c1CO. The average molecular weight is 210 g/mol. The van der Waals surface area contributed by atoms with Gasteiger partial charge in [-0.3, -0.25) is 5.10 Å².